The zero-order valence-corrected chi connectivity index (χ0v) is 18.6. The van der Waals surface area contributed by atoms with Crippen LogP contribution < -0.4 is 10.1 Å². The zero-order chi connectivity index (χ0) is 21.6. The van der Waals surface area contributed by atoms with E-state index in [9.17, 15) is 8.42 Å². The third kappa shape index (κ3) is 5.71. The Hall–Kier alpha value is -2.17. The maximum absolute atomic E-state index is 13.0. The van der Waals surface area contributed by atoms with E-state index in [2.05, 4.69) is 22.4 Å². The van der Waals surface area contributed by atoms with Crippen molar-refractivity contribution in [2.24, 2.45) is 0 Å². The van der Waals surface area contributed by atoms with Crippen LogP contribution in [0.2, 0.25) is 0 Å². The summed E-state index contributed by atoms with van der Waals surface area (Å²) in [6.45, 7) is 7.70. The minimum absolute atomic E-state index is 0.0590. The quantitative estimate of drug-likeness (QED) is 0.603. The number of unbranched alkanes of at least 4 members (excludes halogenated alkanes) is 1. The average molecular weight is 439 g/mol. The largest absolute Gasteiger partial charge is 0.489 e. The summed E-state index contributed by atoms with van der Waals surface area (Å²) in [4.78, 5) is 4.58. The molecule has 30 heavy (non-hydrogen) atoms. The molecule has 166 valence electrons. The smallest absolute Gasteiger partial charge is 0.245 e. The van der Waals surface area contributed by atoms with E-state index in [1.807, 2.05) is 13.8 Å². The molecule has 0 amide bonds. The van der Waals surface area contributed by atoms with Gasteiger partial charge in [-0.15, -0.1) is 0 Å². The lowest BCUT2D eigenvalue weighted by Gasteiger charge is -2.26. The highest BCUT2D eigenvalue weighted by Crippen LogP contribution is 2.30. The Labute approximate surface area is 177 Å². The summed E-state index contributed by atoms with van der Waals surface area (Å²) in [5, 5.41) is 7.17. The van der Waals surface area contributed by atoms with Crippen LogP contribution in [0, 0.1) is 0 Å². The van der Waals surface area contributed by atoms with Crippen LogP contribution >= 0.6 is 0 Å². The third-order valence-electron chi connectivity index (χ3n) is 4.62. The number of hydrogen-bond acceptors (Lipinski definition) is 8. The Morgan fingerprint density at radius 2 is 2.03 bits per heavy atom. The summed E-state index contributed by atoms with van der Waals surface area (Å²) in [6.07, 6.45) is 2.77. The number of hydrogen-bond donors (Lipinski definition) is 1. The summed E-state index contributed by atoms with van der Waals surface area (Å²) >= 11 is 0. The van der Waals surface area contributed by atoms with E-state index in [4.69, 9.17) is 14.0 Å². The van der Waals surface area contributed by atoms with Crippen molar-refractivity contribution in [2.45, 2.75) is 57.6 Å². The molecule has 1 aromatic carbocycles. The van der Waals surface area contributed by atoms with Gasteiger partial charge in [0, 0.05) is 19.5 Å². The number of aromatic nitrogens is 2. The van der Waals surface area contributed by atoms with Crippen molar-refractivity contribution in [2.75, 3.05) is 31.6 Å². The first-order valence-corrected chi connectivity index (χ1v) is 11.8. The van der Waals surface area contributed by atoms with Crippen LogP contribution in [0.15, 0.2) is 27.6 Å². The first-order valence-electron chi connectivity index (χ1n) is 10.3. The number of anilines is 1. The fourth-order valence-corrected chi connectivity index (χ4v) is 4.50. The van der Waals surface area contributed by atoms with Crippen LogP contribution in [0.3, 0.4) is 0 Å². The van der Waals surface area contributed by atoms with Crippen LogP contribution in [0.1, 0.15) is 45.3 Å². The average Bonchev–Trinajstić information content (AvgIpc) is 3.19. The minimum atomic E-state index is -3.61. The van der Waals surface area contributed by atoms with Gasteiger partial charge in [-0.2, -0.15) is 9.29 Å². The van der Waals surface area contributed by atoms with Gasteiger partial charge in [0.2, 0.25) is 15.9 Å². The van der Waals surface area contributed by atoms with Crippen molar-refractivity contribution in [3.05, 3.63) is 29.9 Å². The van der Waals surface area contributed by atoms with Gasteiger partial charge in [0.25, 0.3) is 0 Å². The lowest BCUT2D eigenvalue weighted by atomic mass is 10.2. The predicted octanol–water partition coefficient (Wildman–Crippen LogP) is 2.83. The van der Waals surface area contributed by atoms with Crippen molar-refractivity contribution in [3.8, 4) is 5.75 Å². The van der Waals surface area contributed by atoms with Crippen LogP contribution in [-0.2, 0) is 27.7 Å². The molecule has 10 heteroatoms. The number of morpholine rings is 1. The summed E-state index contributed by atoms with van der Waals surface area (Å²) in [5.41, 5.74) is 0.561. The molecule has 9 nitrogen and oxygen atoms in total. The van der Waals surface area contributed by atoms with E-state index < -0.39 is 10.0 Å². The van der Waals surface area contributed by atoms with Gasteiger partial charge >= 0.3 is 0 Å². The second-order valence-electron chi connectivity index (χ2n) is 7.40. The van der Waals surface area contributed by atoms with Gasteiger partial charge in [0.1, 0.15) is 5.75 Å². The molecule has 0 bridgehead atoms. The Balaban J connectivity index is 1.79. The van der Waals surface area contributed by atoms with Gasteiger partial charge in [0.05, 0.1) is 36.4 Å². The summed E-state index contributed by atoms with van der Waals surface area (Å²) in [7, 11) is -3.61. The van der Waals surface area contributed by atoms with Crippen molar-refractivity contribution >= 4 is 15.7 Å². The van der Waals surface area contributed by atoms with Gasteiger partial charge in [-0.1, -0.05) is 18.5 Å². The van der Waals surface area contributed by atoms with E-state index in [-0.39, 0.29) is 17.5 Å². The molecule has 1 N–H and O–H groups in total. The van der Waals surface area contributed by atoms with E-state index in [1.165, 1.54) is 4.31 Å². The molecule has 0 aliphatic carbocycles. The zero-order valence-electron chi connectivity index (χ0n) is 17.8. The maximum atomic E-state index is 13.0. The molecule has 3 rings (SSSR count). The highest BCUT2D eigenvalue weighted by molar-refractivity contribution is 7.89. The molecule has 0 saturated carbocycles. The monoisotopic (exact) mass is 438 g/mol. The second kappa shape index (κ2) is 10.2. The van der Waals surface area contributed by atoms with E-state index in [0.29, 0.717) is 49.5 Å². The van der Waals surface area contributed by atoms with Crippen LogP contribution in [-0.4, -0.2) is 55.3 Å². The lowest BCUT2D eigenvalue weighted by molar-refractivity contribution is 0.0730. The van der Waals surface area contributed by atoms with Crippen molar-refractivity contribution in [1.29, 1.82) is 0 Å². The highest BCUT2D eigenvalue weighted by Gasteiger charge is 2.27. The summed E-state index contributed by atoms with van der Waals surface area (Å²) < 4.78 is 43.9. The number of nitrogens with zero attached hydrogens (tertiary/aromatic N) is 3. The molecule has 1 fully saturated rings. The second-order valence-corrected chi connectivity index (χ2v) is 9.34. The third-order valence-corrected chi connectivity index (χ3v) is 6.51. The summed E-state index contributed by atoms with van der Waals surface area (Å²) in [6, 6.07) is 4.84. The Kier molecular flexibility index (Phi) is 7.68. The number of benzene rings is 1. The van der Waals surface area contributed by atoms with Crippen LogP contribution in [0.5, 0.6) is 5.75 Å². The molecule has 0 atom stereocenters. The lowest BCUT2D eigenvalue weighted by Crippen LogP contribution is -2.40. The van der Waals surface area contributed by atoms with E-state index in [0.717, 1.165) is 19.3 Å². The summed E-state index contributed by atoms with van der Waals surface area (Å²) in [5.74, 6) is 1.69. The topological polar surface area (TPSA) is 107 Å². The minimum Gasteiger partial charge on any atom is -0.489 e. The Bertz CT molecular complexity index is 923. The first-order chi connectivity index (χ1) is 14.4. The normalized spacial score (nSPS) is 15.5. The van der Waals surface area contributed by atoms with Crippen molar-refractivity contribution in [1.82, 2.24) is 14.4 Å². The molecule has 0 unspecified atom stereocenters. The fourth-order valence-electron chi connectivity index (χ4n) is 3.07. The first kappa shape index (κ1) is 22.5. The molecule has 1 aromatic heterocycles. The predicted molar refractivity (Wildman–Crippen MR) is 112 cm³/mol. The fraction of sp³-hybridized carbons (Fsp3) is 0.600. The SMILES string of the molecule is CCCCc1noc(CNc2cc(S(=O)(=O)N3CCOCC3)ccc2OC(C)C)n1. The standard InChI is InChI=1S/C20H30N4O5S/c1-4-5-6-19-22-20(29-23-19)14-21-17-13-16(7-8-18(17)28-15(2)3)30(25,26)24-9-11-27-12-10-24/h7-8,13,15,21H,4-6,9-12,14H2,1-3H3. The Morgan fingerprint density at radius 1 is 1.27 bits per heavy atom. The molecule has 0 radical (unpaired) electrons. The molecular weight excluding hydrogens is 408 g/mol. The van der Waals surface area contributed by atoms with Crippen LogP contribution in [0.4, 0.5) is 5.69 Å². The maximum Gasteiger partial charge on any atom is 0.245 e. The highest BCUT2D eigenvalue weighted by atomic mass is 32.2. The molecule has 2 aromatic rings. The van der Waals surface area contributed by atoms with Crippen molar-refractivity contribution in [3.63, 3.8) is 0 Å². The number of ether oxygens (including phenoxy) is 2. The van der Waals surface area contributed by atoms with Gasteiger partial charge in [0.15, 0.2) is 5.82 Å². The van der Waals surface area contributed by atoms with Gasteiger partial charge in [-0.25, -0.2) is 8.42 Å². The number of sulfonamides is 1. The molecule has 2 heterocycles. The molecule has 1 aliphatic heterocycles. The van der Waals surface area contributed by atoms with Gasteiger partial charge < -0.3 is 19.3 Å². The molecule has 1 saturated heterocycles. The van der Waals surface area contributed by atoms with E-state index in [1.54, 1.807) is 18.2 Å². The number of nitrogens with one attached hydrogen (secondary N) is 1. The van der Waals surface area contributed by atoms with Gasteiger partial charge in [-0.3, -0.25) is 0 Å². The molecular formula is C20H30N4O5S. The number of rotatable bonds is 10. The van der Waals surface area contributed by atoms with Crippen molar-refractivity contribution < 1.29 is 22.4 Å². The van der Waals surface area contributed by atoms with E-state index >= 15 is 0 Å². The Morgan fingerprint density at radius 3 is 2.73 bits per heavy atom. The number of aryl methyl sites for hydroxylation is 1. The molecule has 0 spiro atoms. The molecule has 1 aliphatic rings. The van der Waals surface area contributed by atoms with Crippen LogP contribution in [0.25, 0.3) is 0 Å². The van der Waals surface area contributed by atoms with Gasteiger partial charge in [-0.05, 0) is 38.5 Å².